The summed E-state index contributed by atoms with van der Waals surface area (Å²) in [4.78, 5) is 55.4. The van der Waals surface area contributed by atoms with Gasteiger partial charge in [0.2, 0.25) is 5.91 Å². The molecule has 216 valence electrons. The molecule has 0 aliphatic carbocycles. The van der Waals surface area contributed by atoms with Crippen molar-refractivity contribution in [3.05, 3.63) is 88.0 Å². The SMILES string of the molecule is CN[C@@H](C)C(=O)Nc1ccc(-c2cccc(C(=O)N(C)C)c2)n(CC2CCCN(C(=O)c3ccc(F)cc3)C2)c1=O. The molecule has 9 nitrogen and oxygen atoms in total. The van der Waals surface area contributed by atoms with Crippen LogP contribution in [-0.2, 0) is 11.3 Å². The van der Waals surface area contributed by atoms with E-state index in [1.807, 2.05) is 6.07 Å². The molecule has 2 aromatic carbocycles. The molecule has 2 heterocycles. The number of likely N-dealkylation sites (tertiary alicyclic amines) is 1. The average molecular weight is 562 g/mol. The topological polar surface area (TPSA) is 104 Å². The number of pyridine rings is 1. The van der Waals surface area contributed by atoms with E-state index in [4.69, 9.17) is 0 Å². The van der Waals surface area contributed by atoms with Crippen LogP contribution in [-0.4, -0.2) is 72.4 Å². The highest BCUT2D eigenvalue weighted by Gasteiger charge is 2.26. The lowest BCUT2D eigenvalue weighted by atomic mass is 9.96. The number of aromatic nitrogens is 1. The molecule has 0 spiro atoms. The molecule has 1 aliphatic rings. The number of carbonyl (C=O) groups excluding carboxylic acids is 3. The zero-order valence-electron chi connectivity index (χ0n) is 23.8. The van der Waals surface area contributed by atoms with Gasteiger partial charge in [0.25, 0.3) is 17.4 Å². The number of hydrogen-bond donors (Lipinski definition) is 2. The van der Waals surface area contributed by atoms with Crippen LogP contribution in [0.3, 0.4) is 0 Å². The monoisotopic (exact) mass is 561 g/mol. The van der Waals surface area contributed by atoms with Crippen molar-refractivity contribution in [1.82, 2.24) is 19.7 Å². The van der Waals surface area contributed by atoms with Crippen LogP contribution in [0.1, 0.15) is 40.5 Å². The Morgan fingerprint density at radius 3 is 2.46 bits per heavy atom. The Kier molecular flexibility index (Phi) is 9.34. The second-order valence-electron chi connectivity index (χ2n) is 10.6. The minimum Gasteiger partial charge on any atom is -0.345 e. The summed E-state index contributed by atoms with van der Waals surface area (Å²) in [6.45, 7) is 3.00. The van der Waals surface area contributed by atoms with Gasteiger partial charge in [-0.25, -0.2) is 4.39 Å². The van der Waals surface area contributed by atoms with Crippen LogP contribution >= 0.6 is 0 Å². The maximum Gasteiger partial charge on any atom is 0.274 e. The number of hydrogen-bond acceptors (Lipinski definition) is 5. The maximum absolute atomic E-state index is 13.8. The fraction of sp³-hybridized carbons (Fsp3) is 0.355. The van der Waals surface area contributed by atoms with Crippen molar-refractivity contribution in [2.45, 2.75) is 32.4 Å². The highest BCUT2D eigenvalue weighted by molar-refractivity contribution is 5.96. The molecule has 3 aromatic rings. The molecule has 4 rings (SSSR count). The van der Waals surface area contributed by atoms with Crippen molar-refractivity contribution in [3.63, 3.8) is 0 Å². The summed E-state index contributed by atoms with van der Waals surface area (Å²) in [5, 5.41) is 5.59. The lowest BCUT2D eigenvalue weighted by Crippen LogP contribution is -2.42. The fourth-order valence-electron chi connectivity index (χ4n) is 4.98. The zero-order valence-corrected chi connectivity index (χ0v) is 23.8. The summed E-state index contributed by atoms with van der Waals surface area (Å²) in [7, 11) is 5.02. The molecule has 0 saturated carbocycles. The summed E-state index contributed by atoms with van der Waals surface area (Å²) in [5.74, 6) is -1.13. The van der Waals surface area contributed by atoms with E-state index < -0.39 is 11.9 Å². The van der Waals surface area contributed by atoms with E-state index in [1.165, 1.54) is 29.2 Å². The van der Waals surface area contributed by atoms with Gasteiger partial charge in [0.05, 0.1) is 11.7 Å². The molecule has 2 atom stereocenters. The van der Waals surface area contributed by atoms with Gasteiger partial charge < -0.3 is 25.0 Å². The number of carbonyl (C=O) groups is 3. The van der Waals surface area contributed by atoms with Crippen molar-refractivity contribution in [1.29, 1.82) is 0 Å². The van der Waals surface area contributed by atoms with Crippen molar-refractivity contribution in [2.24, 2.45) is 5.92 Å². The molecule has 10 heteroatoms. The Labute approximate surface area is 239 Å². The van der Waals surface area contributed by atoms with E-state index >= 15 is 0 Å². The van der Waals surface area contributed by atoms with Crippen LogP contribution in [0.4, 0.5) is 10.1 Å². The molecule has 1 fully saturated rings. The van der Waals surface area contributed by atoms with Gasteiger partial charge in [-0.15, -0.1) is 0 Å². The zero-order chi connectivity index (χ0) is 29.7. The predicted octanol–water partition coefficient (Wildman–Crippen LogP) is 3.46. The predicted molar refractivity (Wildman–Crippen MR) is 156 cm³/mol. The van der Waals surface area contributed by atoms with Gasteiger partial charge in [-0.1, -0.05) is 12.1 Å². The van der Waals surface area contributed by atoms with Crippen LogP contribution in [0, 0.1) is 11.7 Å². The lowest BCUT2D eigenvalue weighted by molar-refractivity contribution is -0.117. The number of nitrogens with one attached hydrogen (secondary N) is 2. The lowest BCUT2D eigenvalue weighted by Gasteiger charge is -2.33. The van der Waals surface area contributed by atoms with Gasteiger partial charge in [-0.2, -0.15) is 0 Å². The molecule has 1 unspecified atom stereocenters. The molecular weight excluding hydrogens is 525 g/mol. The van der Waals surface area contributed by atoms with Gasteiger partial charge in [0.1, 0.15) is 11.5 Å². The standard InChI is InChI=1S/C31H36FN5O4/c1-20(33-2)28(38)34-26-14-15-27(23-8-5-9-24(17-23)29(39)35(3)4)37(31(26)41)19-21-7-6-16-36(18-21)30(40)22-10-12-25(32)13-11-22/h5,8-15,17,20-21,33H,6-7,16,18-19H2,1-4H3,(H,34,38)/t20-,21?/m0/s1. The molecule has 0 bridgehead atoms. The molecule has 2 N–H and O–H groups in total. The van der Waals surface area contributed by atoms with Crippen molar-refractivity contribution in [3.8, 4) is 11.3 Å². The second kappa shape index (κ2) is 12.9. The Morgan fingerprint density at radius 2 is 1.78 bits per heavy atom. The Balaban J connectivity index is 1.68. The summed E-state index contributed by atoms with van der Waals surface area (Å²) in [6, 6.07) is 15.4. The Hall–Kier alpha value is -4.31. The number of amides is 3. The Morgan fingerprint density at radius 1 is 1.05 bits per heavy atom. The third-order valence-corrected chi connectivity index (χ3v) is 7.41. The normalized spacial score (nSPS) is 15.7. The number of rotatable bonds is 8. The molecule has 3 amide bonds. The van der Waals surface area contributed by atoms with Crippen molar-refractivity contribution >= 4 is 23.4 Å². The highest BCUT2D eigenvalue weighted by Crippen LogP contribution is 2.26. The molecule has 0 radical (unpaired) electrons. The summed E-state index contributed by atoms with van der Waals surface area (Å²) >= 11 is 0. The van der Waals surface area contributed by atoms with E-state index in [0.717, 1.165) is 12.8 Å². The molecular formula is C31H36FN5O4. The van der Waals surface area contributed by atoms with E-state index in [-0.39, 0.29) is 34.9 Å². The summed E-state index contributed by atoms with van der Waals surface area (Å²) < 4.78 is 15.0. The smallest absolute Gasteiger partial charge is 0.274 e. The number of anilines is 1. The quantitative estimate of drug-likeness (QED) is 0.439. The summed E-state index contributed by atoms with van der Waals surface area (Å²) in [5.41, 5.74) is 1.97. The van der Waals surface area contributed by atoms with E-state index in [1.54, 1.807) is 67.9 Å². The second-order valence-corrected chi connectivity index (χ2v) is 10.6. The van der Waals surface area contributed by atoms with Crippen LogP contribution in [0.25, 0.3) is 11.3 Å². The van der Waals surface area contributed by atoms with Crippen LogP contribution in [0.2, 0.25) is 0 Å². The van der Waals surface area contributed by atoms with Crippen LogP contribution in [0.15, 0.2) is 65.5 Å². The number of nitrogens with zero attached hydrogens (tertiary/aromatic N) is 3. The number of halogens is 1. The number of piperidine rings is 1. The van der Waals surface area contributed by atoms with E-state index in [0.29, 0.717) is 42.0 Å². The van der Waals surface area contributed by atoms with Gasteiger partial charge in [-0.05, 0) is 86.8 Å². The van der Waals surface area contributed by atoms with Gasteiger partial charge >= 0.3 is 0 Å². The number of benzene rings is 2. The van der Waals surface area contributed by atoms with E-state index in [2.05, 4.69) is 10.6 Å². The average Bonchev–Trinajstić information content (AvgIpc) is 2.98. The van der Waals surface area contributed by atoms with Crippen LogP contribution in [0.5, 0.6) is 0 Å². The van der Waals surface area contributed by atoms with Crippen molar-refractivity contribution in [2.75, 3.05) is 39.5 Å². The minimum atomic E-state index is -0.499. The minimum absolute atomic E-state index is 0.0432. The first-order valence-electron chi connectivity index (χ1n) is 13.7. The highest BCUT2D eigenvalue weighted by atomic mass is 19.1. The fourth-order valence-corrected chi connectivity index (χ4v) is 4.98. The first-order chi connectivity index (χ1) is 19.6. The maximum atomic E-state index is 13.8. The first kappa shape index (κ1) is 29.7. The molecule has 1 saturated heterocycles. The summed E-state index contributed by atoms with van der Waals surface area (Å²) in [6.07, 6.45) is 1.55. The first-order valence-corrected chi connectivity index (χ1v) is 13.7. The van der Waals surface area contributed by atoms with Crippen LogP contribution < -0.4 is 16.2 Å². The largest absolute Gasteiger partial charge is 0.345 e. The van der Waals surface area contributed by atoms with Gasteiger partial charge in [0.15, 0.2) is 0 Å². The Bertz CT molecular complexity index is 1480. The van der Waals surface area contributed by atoms with E-state index in [9.17, 15) is 23.6 Å². The third-order valence-electron chi connectivity index (χ3n) is 7.41. The van der Waals surface area contributed by atoms with Gasteiger partial charge in [0, 0.05) is 44.9 Å². The van der Waals surface area contributed by atoms with Crippen molar-refractivity contribution < 1.29 is 18.8 Å². The molecule has 1 aliphatic heterocycles. The van der Waals surface area contributed by atoms with Gasteiger partial charge in [-0.3, -0.25) is 19.2 Å². The number of likely N-dealkylation sites (N-methyl/N-ethyl adjacent to an activating group) is 1. The third kappa shape index (κ3) is 6.89. The molecule has 1 aromatic heterocycles. The molecule has 41 heavy (non-hydrogen) atoms.